The van der Waals surface area contributed by atoms with Gasteiger partial charge in [-0.2, -0.15) is 0 Å². The largest absolute Gasteiger partial charge is 0.465 e. The van der Waals surface area contributed by atoms with Crippen LogP contribution in [0.5, 0.6) is 0 Å². The van der Waals surface area contributed by atoms with Crippen LogP contribution in [0, 0.1) is 46.3 Å². The number of hydrogen-bond donors (Lipinski definition) is 0. The Morgan fingerprint density at radius 2 is 1.96 bits per heavy atom. The van der Waals surface area contributed by atoms with E-state index in [1.165, 1.54) is 19.3 Å². The quantitative estimate of drug-likeness (QED) is 0.661. The lowest BCUT2D eigenvalue weighted by Crippen LogP contribution is -2.53. The van der Waals surface area contributed by atoms with E-state index in [9.17, 15) is 9.59 Å². The maximum atomic E-state index is 12.8. The van der Waals surface area contributed by atoms with Gasteiger partial charge in [0.2, 0.25) is 0 Å². The molecule has 0 amide bonds. The first-order chi connectivity index (χ1) is 12.2. The second-order valence-electron chi connectivity index (χ2n) is 10.7. The van der Waals surface area contributed by atoms with E-state index >= 15 is 0 Å². The van der Waals surface area contributed by atoms with E-state index in [0.29, 0.717) is 29.6 Å². The van der Waals surface area contributed by atoms with Gasteiger partial charge >= 0.3 is 5.97 Å². The summed E-state index contributed by atoms with van der Waals surface area (Å²) in [6, 6.07) is 0. The van der Waals surface area contributed by atoms with Crippen LogP contribution >= 0.6 is 0 Å². The zero-order valence-electron chi connectivity index (χ0n) is 17.1. The standard InChI is InChI=1S/C23H36O3/c1-14(17-9-10-18-20(24)6-5-11-23(17,18)4)21(25)26-13-15-7-8-16-12-19(15)22(16,2)3/h14-19H,5-13H2,1-4H3/t14-,15?,16-,17+,18-,19?,23+/m0/s1. The molecular weight excluding hydrogens is 324 g/mol. The number of carbonyl (C=O) groups excluding carboxylic acids is 2. The zero-order valence-corrected chi connectivity index (χ0v) is 17.1. The highest BCUT2D eigenvalue weighted by Gasteiger charge is 2.55. The molecule has 0 aromatic rings. The van der Waals surface area contributed by atoms with Crippen molar-refractivity contribution in [3.8, 4) is 0 Å². The number of rotatable bonds is 4. The van der Waals surface area contributed by atoms with Crippen molar-refractivity contribution in [3.05, 3.63) is 0 Å². The van der Waals surface area contributed by atoms with E-state index in [4.69, 9.17) is 4.74 Å². The lowest BCUT2D eigenvalue weighted by atomic mass is 9.46. The fraction of sp³-hybridized carbons (Fsp3) is 0.913. The van der Waals surface area contributed by atoms with Crippen LogP contribution in [0.1, 0.15) is 79.1 Å². The van der Waals surface area contributed by atoms with Crippen molar-refractivity contribution in [1.82, 2.24) is 0 Å². The summed E-state index contributed by atoms with van der Waals surface area (Å²) in [5.41, 5.74) is 0.456. The molecule has 5 aliphatic carbocycles. The average Bonchev–Trinajstić information content (AvgIpc) is 2.97. The summed E-state index contributed by atoms with van der Waals surface area (Å²) in [5.74, 6) is 2.99. The van der Waals surface area contributed by atoms with Gasteiger partial charge in [0, 0.05) is 12.3 Å². The minimum Gasteiger partial charge on any atom is -0.465 e. The van der Waals surface area contributed by atoms with Crippen molar-refractivity contribution >= 4 is 11.8 Å². The van der Waals surface area contributed by atoms with Crippen LogP contribution in [0.4, 0.5) is 0 Å². The van der Waals surface area contributed by atoms with Crippen LogP contribution in [-0.2, 0) is 14.3 Å². The van der Waals surface area contributed by atoms with E-state index in [0.717, 1.165) is 43.9 Å². The molecule has 0 N–H and O–H groups in total. The molecule has 0 radical (unpaired) electrons. The van der Waals surface area contributed by atoms with Crippen molar-refractivity contribution in [3.63, 3.8) is 0 Å². The van der Waals surface area contributed by atoms with Gasteiger partial charge in [-0.15, -0.1) is 0 Å². The molecule has 2 bridgehead atoms. The Kier molecular flexibility index (Phi) is 4.51. The fourth-order valence-corrected chi connectivity index (χ4v) is 7.44. The summed E-state index contributed by atoms with van der Waals surface area (Å²) in [6.07, 6.45) is 8.64. The first kappa shape index (κ1) is 18.5. The van der Waals surface area contributed by atoms with Gasteiger partial charge in [-0.3, -0.25) is 9.59 Å². The molecule has 5 saturated carbocycles. The highest BCUT2D eigenvalue weighted by molar-refractivity contribution is 5.83. The summed E-state index contributed by atoms with van der Waals surface area (Å²) < 4.78 is 5.87. The number of ether oxygens (including phenoxy) is 1. The third-order valence-electron chi connectivity index (χ3n) is 9.35. The van der Waals surface area contributed by atoms with E-state index in [-0.39, 0.29) is 23.2 Å². The van der Waals surface area contributed by atoms with Crippen LogP contribution in [-0.4, -0.2) is 18.4 Å². The molecule has 0 aliphatic heterocycles. The predicted molar refractivity (Wildman–Crippen MR) is 101 cm³/mol. The summed E-state index contributed by atoms with van der Waals surface area (Å²) in [6.45, 7) is 9.69. The van der Waals surface area contributed by atoms with Gasteiger partial charge in [0.05, 0.1) is 12.5 Å². The molecule has 0 spiro atoms. The maximum absolute atomic E-state index is 12.8. The first-order valence-corrected chi connectivity index (χ1v) is 10.9. The number of ketones is 1. The lowest BCUT2D eigenvalue weighted by molar-refractivity contribution is -0.163. The Balaban J connectivity index is 1.36. The van der Waals surface area contributed by atoms with Gasteiger partial charge in [-0.1, -0.05) is 27.7 Å². The van der Waals surface area contributed by atoms with Gasteiger partial charge in [0.15, 0.2) is 0 Å². The maximum Gasteiger partial charge on any atom is 0.308 e. The molecule has 0 aromatic heterocycles. The molecule has 5 fully saturated rings. The van der Waals surface area contributed by atoms with Crippen molar-refractivity contribution < 1.29 is 14.3 Å². The van der Waals surface area contributed by atoms with Crippen LogP contribution in [0.15, 0.2) is 0 Å². The summed E-state index contributed by atoms with van der Waals surface area (Å²) in [4.78, 5) is 25.2. The molecule has 26 heavy (non-hydrogen) atoms. The van der Waals surface area contributed by atoms with Crippen LogP contribution in [0.25, 0.3) is 0 Å². The molecule has 2 unspecified atom stereocenters. The Hall–Kier alpha value is -0.860. The van der Waals surface area contributed by atoms with Gasteiger partial charge in [0.25, 0.3) is 0 Å². The van der Waals surface area contributed by atoms with Gasteiger partial charge in [0.1, 0.15) is 5.78 Å². The minimum atomic E-state index is -0.0818. The number of hydrogen-bond acceptors (Lipinski definition) is 3. The van der Waals surface area contributed by atoms with E-state index in [1.54, 1.807) is 0 Å². The summed E-state index contributed by atoms with van der Waals surface area (Å²) in [5, 5.41) is 0. The number of carbonyl (C=O) groups is 2. The molecule has 0 saturated heterocycles. The van der Waals surface area contributed by atoms with Crippen molar-refractivity contribution in [2.24, 2.45) is 46.3 Å². The Morgan fingerprint density at radius 1 is 1.19 bits per heavy atom. The highest BCUT2D eigenvalue weighted by atomic mass is 16.5. The van der Waals surface area contributed by atoms with Gasteiger partial charge in [-0.05, 0) is 79.4 Å². The van der Waals surface area contributed by atoms with Crippen LogP contribution in [0.3, 0.4) is 0 Å². The molecule has 0 aromatic carbocycles. The van der Waals surface area contributed by atoms with Gasteiger partial charge in [-0.25, -0.2) is 0 Å². The smallest absolute Gasteiger partial charge is 0.308 e. The second kappa shape index (κ2) is 6.34. The number of Topliss-reactive ketones (excluding diaryl/α,β-unsaturated/α-hetero) is 1. The average molecular weight is 361 g/mol. The van der Waals surface area contributed by atoms with E-state index in [2.05, 4.69) is 20.8 Å². The normalized spacial score (nSPS) is 44.8. The molecule has 7 atom stereocenters. The van der Waals surface area contributed by atoms with E-state index < -0.39 is 0 Å². The zero-order chi connectivity index (χ0) is 18.7. The summed E-state index contributed by atoms with van der Waals surface area (Å²) >= 11 is 0. The van der Waals surface area contributed by atoms with Crippen molar-refractivity contribution in [2.45, 2.75) is 79.1 Å². The molecule has 3 nitrogen and oxygen atoms in total. The Labute approximate surface area is 158 Å². The third-order valence-corrected chi connectivity index (χ3v) is 9.35. The number of esters is 1. The fourth-order valence-electron chi connectivity index (χ4n) is 7.44. The predicted octanol–water partition coefficient (Wildman–Crippen LogP) is 5.02. The van der Waals surface area contributed by atoms with Crippen LogP contribution < -0.4 is 0 Å². The molecular formula is C23H36O3. The van der Waals surface area contributed by atoms with Crippen molar-refractivity contribution in [1.29, 1.82) is 0 Å². The highest BCUT2D eigenvalue weighted by Crippen LogP contribution is 2.61. The molecule has 5 rings (SSSR count). The minimum absolute atomic E-state index is 0.0157. The van der Waals surface area contributed by atoms with Crippen molar-refractivity contribution in [2.75, 3.05) is 6.61 Å². The molecule has 146 valence electrons. The first-order valence-electron chi connectivity index (χ1n) is 10.9. The van der Waals surface area contributed by atoms with E-state index in [1.807, 2.05) is 6.92 Å². The molecule has 0 heterocycles. The topological polar surface area (TPSA) is 43.4 Å². The Morgan fingerprint density at radius 3 is 2.65 bits per heavy atom. The number of fused-ring (bicyclic) bond motifs is 3. The molecule has 5 aliphatic rings. The SMILES string of the molecule is C[C@H](C(=O)OCC1CC[C@H]2CC1C2(C)C)[C@H]1CC[C@H]2C(=O)CCC[C@]12C. The second-order valence-corrected chi connectivity index (χ2v) is 10.7. The van der Waals surface area contributed by atoms with Crippen LogP contribution in [0.2, 0.25) is 0 Å². The third kappa shape index (κ3) is 2.67. The Bertz CT molecular complexity index is 592. The molecule has 3 heteroatoms. The summed E-state index contributed by atoms with van der Waals surface area (Å²) in [7, 11) is 0. The monoisotopic (exact) mass is 360 g/mol. The van der Waals surface area contributed by atoms with Gasteiger partial charge < -0.3 is 4.74 Å². The lowest BCUT2D eigenvalue weighted by Gasteiger charge is -2.60.